The molecule has 0 radical (unpaired) electrons. The number of benzene rings is 2. The van der Waals surface area contributed by atoms with E-state index < -0.39 is 5.97 Å². The molecule has 2 N–H and O–H groups in total. The molecule has 1 aliphatic heterocycles. The van der Waals surface area contributed by atoms with E-state index in [0.29, 0.717) is 35.8 Å². The molecule has 1 heterocycles. The average Bonchev–Trinajstić information content (AvgIpc) is 3.21. The van der Waals surface area contributed by atoms with E-state index in [9.17, 15) is 9.59 Å². The van der Waals surface area contributed by atoms with E-state index in [1.54, 1.807) is 38.5 Å². The van der Waals surface area contributed by atoms with E-state index >= 15 is 0 Å². The van der Waals surface area contributed by atoms with E-state index in [1.807, 2.05) is 23.1 Å². The summed E-state index contributed by atoms with van der Waals surface area (Å²) in [6.07, 6.45) is 0.840. The minimum Gasteiger partial charge on any atom is -0.493 e. The molecule has 148 valence electrons. The number of rotatable bonds is 7. The number of amides is 1. The van der Waals surface area contributed by atoms with Crippen molar-refractivity contribution in [1.29, 1.82) is 0 Å². The molecule has 3 rings (SSSR count). The summed E-state index contributed by atoms with van der Waals surface area (Å²) in [7, 11) is 3.23. The number of carbonyl (C=O) groups is 2. The van der Waals surface area contributed by atoms with Gasteiger partial charge in [-0.15, -0.1) is 0 Å². The minimum absolute atomic E-state index is 0.0664. The number of hydrogen-bond acceptors (Lipinski definition) is 5. The number of carbonyl (C=O) groups excluding carboxylic acids is 1. The molecule has 1 amide bonds. The molecule has 7 heteroatoms. The van der Waals surface area contributed by atoms with Crippen LogP contribution in [0.15, 0.2) is 42.5 Å². The highest BCUT2D eigenvalue weighted by Gasteiger charge is 2.30. The van der Waals surface area contributed by atoms with Crippen LogP contribution in [0.3, 0.4) is 0 Å². The third kappa shape index (κ3) is 4.19. The number of aliphatic carboxylic acids is 1. The van der Waals surface area contributed by atoms with Gasteiger partial charge in [0, 0.05) is 35.8 Å². The first-order valence-corrected chi connectivity index (χ1v) is 9.09. The Bertz CT molecular complexity index is 868. The molecule has 28 heavy (non-hydrogen) atoms. The molecule has 0 aromatic heterocycles. The summed E-state index contributed by atoms with van der Waals surface area (Å²) in [5.41, 5.74) is 2.18. The first-order chi connectivity index (χ1) is 13.5. The lowest BCUT2D eigenvalue weighted by molar-refractivity contribution is -0.134. The van der Waals surface area contributed by atoms with Crippen LogP contribution in [0.5, 0.6) is 11.5 Å². The van der Waals surface area contributed by atoms with Crippen LogP contribution in [0.1, 0.15) is 28.3 Å². The fourth-order valence-electron chi connectivity index (χ4n) is 3.55. The molecular weight excluding hydrogens is 360 g/mol. The van der Waals surface area contributed by atoms with Gasteiger partial charge in [0.1, 0.15) is 6.54 Å². The summed E-state index contributed by atoms with van der Waals surface area (Å²) >= 11 is 0. The van der Waals surface area contributed by atoms with Crippen molar-refractivity contribution in [2.45, 2.75) is 12.3 Å². The Morgan fingerprint density at radius 3 is 2.68 bits per heavy atom. The summed E-state index contributed by atoms with van der Waals surface area (Å²) in [5, 5.41) is 11.6. The van der Waals surface area contributed by atoms with Crippen LogP contribution in [0, 0.1) is 0 Å². The summed E-state index contributed by atoms with van der Waals surface area (Å²) in [6.45, 7) is 1.05. The number of methoxy groups -OCH3 is 2. The fourth-order valence-corrected chi connectivity index (χ4v) is 3.55. The van der Waals surface area contributed by atoms with Crippen molar-refractivity contribution < 1.29 is 24.2 Å². The lowest BCUT2D eigenvalue weighted by Gasteiger charge is -2.19. The molecule has 1 aliphatic rings. The normalized spacial score (nSPS) is 15.9. The van der Waals surface area contributed by atoms with Crippen molar-refractivity contribution in [2.24, 2.45) is 0 Å². The van der Waals surface area contributed by atoms with Gasteiger partial charge in [0.15, 0.2) is 11.5 Å². The predicted molar refractivity (Wildman–Crippen MR) is 105 cm³/mol. The van der Waals surface area contributed by atoms with Gasteiger partial charge in [-0.3, -0.25) is 9.59 Å². The van der Waals surface area contributed by atoms with Crippen molar-refractivity contribution in [3.05, 3.63) is 53.6 Å². The third-order valence-electron chi connectivity index (χ3n) is 4.90. The van der Waals surface area contributed by atoms with Crippen LogP contribution in [0.4, 0.5) is 5.69 Å². The lowest BCUT2D eigenvalue weighted by Crippen LogP contribution is -2.28. The smallest absolute Gasteiger partial charge is 0.322 e. The van der Waals surface area contributed by atoms with Crippen molar-refractivity contribution in [3.8, 4) is 11.5 Å². The molecule has 2 aromatic rings. The maximum absolute atomic E-state index is 12.9. The Hall–Kier alpha value is -3.22. The maximum atomic E-state index is 12.9. The standard InChI is InChI=1S/C21H24N2O5/c1-27-18-8-4-7-17(20(18)28-2)15-9-10-23(13-15)21(26)14-5-3-6-16(11-14)22-12-19(24)25/h3-8,11,15,22H,9-10,12-13H2,1-2H3,(H,24,25). The number of nitrogens with zero attached hydrogens (tertiary/aromatic N) is 1. The van der Waals surface area contributed by atoms with E-state index in [0.717, 1.165) is 12.0 Å². The number of anilines is 1. The molecule has 1 fully saturated rings. The number of likely N-dealkylation sites (tertiary alicyclic amines) is 1. The highest BCUT2D eigenvalue weighted by molar-refractivity contribution is 5.95. The lowest BCUT2D eigenvalue weighted by atomic mass is 9.97. The van der Waals surface area contributed by atoms with E-state index in [-0.39, 0.29) is 18.4 Å². The van der Waals surface area contributed by atoms with Gasteiger partial charge in [-0.25, -0.2) is 0 Å². The Morgan fingerprint density at radius 1 is 1.18 bits per heavy atom. The molecule has 0 aliphatic carbocycles. The Labute approximate surface area is 163 Å². The zero-order valence-electron chi connectivity index (χ0n) is 16.0. The van der Waals surface area contributed by atoms with Crippen LogP contribution in [0.2, 0.25) is 0 Å². The Kier molecular flexibility index (Phi) is 6.03. The third-order valence-corrected chi connectivity index (χ3v) is 4.90. The maximum Gasteiger partial charge on any atom is 0.322 e. The van der Waals surface area contributed by atoms with Crippen molar-refractivity contribution >= 4 is 17.6 Å². The van der Waals surface area contributed by atoms with Crippen LogP contribution in [0.25, 0.3) is 0 Å². The van der Waals surface area contributed by atoms with Crippen LogP contribution < -0.4 is 14.8 Å². The van der Waals surface area contributed by atoms with Crippen molar-refractivity contribution in [2.75, 3.05) is 39.2 Å². The first kappa shape index (κ1) is 19.5. The number of para-hydroxylation sites is 1. The molecule has 1 unspecified atom stereocenters. The molecule has 1 atom stereocenters. The van der Waals surface area contributed by atoms with Crippen molar-refractivity contribution in [3.63, 3.8) is 0 Å². The van der Waals surface area contributed by atoms with Crippen molar-refractivity contribution in [1.82, 2.24) is 4.90 Å². The van der Waals surface area contributed by atoms with E-state index in [4.69, 9.17) is 14.6 Å². The number of carboxylic acids is 1. The van der Waals surface area contributed by atoms with E-state index in [2.05, 4.69) is 5.32 Å². The van der Waals surface area contributed by atoms with Crippen LogP contribution in [-0.4, -0.2) is 55.7 Å². The van der Waals surface area contributed by atoms with Gasteiger partial charge in [-0.1, -0.05) is 18.2 Å². The Morgan fingerprint density at radius 2 is 1.96 bits per heavy atom. The number of hydrogen-bond donors (Lipinski definition) is 2. The summed E-state index contributed by atoms with van der Waals surface area (Å²) in [6, 6.07) is 12.7. The summed E-state index contributed by atoms with van der Waals surface area (Å²) in [5.74, 6) is 0.545. The molecule has 1 saturated heterocycles. The fraction of sp³-hybridized carbons (Fsp3) is 0.333. The second kappa shape index (κ2) is 8.65. The van der Waals surface area contributed by atoms with Crippen LogP contribution in [-0.2, 0) is 4.79 Å². The number of nitrogens with one attached hydrogen (secondary N) is 1. The first-order valence-electron chi connectivity index (χ1n) is 9.09. The van der Waals surface area contributed by atoms with Gasteiger partial charge in [0.05, 0.1) is 14.2 Å². The molecule has 0 spiro atoms. The quantitative estimate of drug-likeness (QED) is 0.763. The van der Waals surface area contributed by atoms with Gasteiger partial charge < -0.3 is 24.8 Å². The number of carboxylic acid groups (broad SMARTS) is 1. The largest absolute Gasteiger partial charge is 0.493 e. The molecule has 0 bridgehead atoms. The van der Waals surface area contributed by atoms with Gasteiger partial charge in [-0.05, 0) is 30.7 Å². The van der Waals surface area contributed by atoms with Gasteiger partial charge >= 0.3 is 5.97 Å². The Balaban J connectivity index is 1.73. The second-order valence-corrected chi connectivity index (χ2v) is 6.65. The summed E-state index contributed by atoms with van der Waals surface area (Å²) < 4.78 is 10.9. The predicted octanol–water partition coefficient (Wildman–Crippen LogP) is 2.83. The minimum atomic E-state index is -0.952. The average molecular weight is 384 g/mol. The molecule has 0 saturated carbocycles. The van der Waals surface area contributed by atoms with Gasteiger partial charge in [-0.2, -0.15) is 0 Å². The molecular formula is C21H24N2O5. The zero-order chi connectivity index (χ0) is 20.1. The topological polar surface area (TPSA) is 88.1 Å². The number of ether oxygens (including phenoxy) is 2. The highest BCUT2D eigenvalue weighted by atomic mass is 16.5. The van der Waals surface area contributed by atoms with Crippen LogP contribution >= 0.6 is 0 Å². The summed E-state index contributed by atoms with van der Waals surface area (Å²) in [4.78, 5) is 25.4. The molecule has 2 aromatic carbocycles. The highest BCUT2D eigenvalue weighted by Crippen LogP contribution is 2.39. The molecule has 7 nitrogen and oxygen atoms in total. The van der Waals surface area contributed by atoms with Gasteiger partial charge in [0.2, 0.25) is 0 Å². The monoisotopic (exact) mass is 384 g/mol. The zero-order valence-corrected chi connectivity index (χ0v) is 16.0. The van der Waals surface area contributed by atoms with E-state index in [1.165, 1.54) is 0 Å². The second-order valence-electron chi connectivity index (χ2n) is 6.65. The SMILES string of the molecule is COc1cccc(C2CCN(C(=O)c3cccc(NCC(=O)O)c3)C2)c1OC. The van der Waals surface area contributed by atoms with Gasteiger partial charge in [0.25, 0.3) is 5.91 Å².